The first-order valence-electron chi connectivity index (χ1n) is 7.66. The Morgan fingerprint density at radius 3 is 2.70 bits per heavy atom. The number of benzene rings is 1. The van der Waals surface area contributed by atoms with E-state index in [-0.39, 0.29) is 5.56 Å². The van der Waals surface area contributed by atoms with Gasteiger partial charge in [0.05, 0.1) is 5.69 Å². The minimum atomic E-state index is -0.0129. The van der Waals surface area contributed by atoms with Gasteiger partial charge in [-0.1, -0.05) is 29.8 Å². The molecule has 0 bridgehead atoms. The number of pyridine rings is 1. The van der Waals surface area contributed by atoms with E-state index in [1.807, 2.05) is 19.1 Å². The lowest BCUT2D eigenvalue weighted by Crippen LogP contribution is -2.15. The van der Waals surface area contributed by atoms with Crippen LogP contribution in [0.4, 0.5) is 0 Å². The van der Waals surface area contributed by atoms with Gasteiger partial charge in [0, 0.05) is 23.8 Å². The van der Waals surface area contributed by atoms with Crippen LogP contribution in [0.5, 0.6) is 0 Å². The third-order valence-corrected chi connectivity index (χ3v) is 4.97. The van der Waals surface area contributed by atoms with E-state index >= 15 is 0 Å². The average molecular weight is 324 g/mol. The highest BCUT2D eigenvalue weighted by atomic mass is 32.2. The molecule has 0 aliphatic rings. The van der Waals surface area contributed by atoms with Crippen molar-refractivity contribution in [2.45, 2.75) is 32.3 Å². The highest BCUT2D eigenvalue weighted by molar-refractivity contribution is 7.97. The summed E-state index contributed by atoms with van der Waals surface area (Å²) in [5, 5.41) is 0. The Morgan fingerprint density at radius 2 is 1.87 bits per heavy atom. The van der Waals surface area contributed by atoms with Crippen molar-refractivity contribution >= 4 is 17.4 Å². The Hall–Kier alpha value is -2.07. The van der Waals surface area contributed by atoms with E-state index in [1.54, 1.807) is 28.4 Å². The lowest BCUT2D eigenvalue weighted by Gasteiger charge is -2.08. The van der Waals surface area contributed by atoms with Gasteiger partial charge in [-0.05, 0) is 43.5 Å². The highest BCUT2D eigenvalue weighted by Crippen LogP contribution is 2.20. The van der Waals surface area contributed by atoms with Crippen molar-refractivity contribution < 1.29 is 0 Å². The molecule has 3 aromatic rings. The fraction of sp³-hybridized carbons (Fsp3) is 0.263. The van der Waals surface area contributed by atoms with Crippen molar-refractivity contribution in [3.05, 3.63) is 80.9 Å². The largest absolute Gasteiger partial charge is 0.269 e. The summed E-state index contributed by atoms with van der Waals surface area (Å²) in [5.41, 5.74) is 6.55. The molecule has 3 rings (SSSR count). The normalized spacial score (nSPS) is 11.1. The van der Waals surface area contributed by atoms with Crippen LogP contribution in [0.1, 0.15) is 27.9 Å². The predicted octanol–water partition coefficient (Wildman–Crippen LogP) is 4.05. The van der Waals surface area contributed by atoms with Gasteiger partial charge in [-0.15, -0.1) is 0 Å². The number of hydrogen-bond donors (Lipinski definition) is 0. The molecule has 0 saturated carbocycles. The van der Waals surface area contributed by atoms with Gasteiger partial charge in [0.1, 0.15) is 5.65 Å². The lowest BCUT2D eigenvalue weighted by molar-refractivity contribution is 1.00. The first-order valence-corrected chi connectivity index (χ1v) is 8.82. The van der Waals surface area contributed by atoms with Crippen LogP contribution in [0.25, 0.3) is 5.65 Å². The van der Waals surface area contributed by atoms with E-state index in [9.17, 15) is 4.79 Å². The Kier molecular flexibility index (Phi) is 4.53. The standard InChI is InChI=1S/C19H20N2OS/c1-13-6-7-14(2)16(9-13)11-23-12-17-10-18(22)21-8-4-5-15(3)19(21)20-17/h4-10H,11-12H2,1-3H3. The molecule has 2 heterocycles. The third kappa shape index (κ3) is 3.48. The average Bonchev–Trinajstić information content (AvgIpc) is 2.52. The molecule has 0 atom stereocenters. The summed E-state index contributed by atoms with van der Waals surface area (Å²) in [6, 6.07) is 12.0. The van der Waals surface area contributed by atoms with Gasteiger partial charge in [0.2, 0.25) is 0 Å². The SMILES string of the molecule is Cc1ccc(C)c(CSCc2cc(=O)n3cccc(C)c3n2)c1. The molecule has 0 unspecified atom stereocenters. The molecule has 0 aliphatic carbocycles. The van der Waals surface area contributed by atoms with Crippen LogP contribution in [-0.2, 0) is 11.5 Å². The molecule has 3 nitrogen and oxygen atoms in total. The highest BCUT2D eigenvalue weighted by Gasteiger charge is 2.05. The zero-order valence-corrected chi connectivity index (χ0v) is 14.5. The summed E-state index contributed by atoms with van der Waals surface area (Å²) >= 11 is 1.79. The van der Waals surface area contributed by atoms with Crippen molar-refractivity contribution in [3.8, 4) is 0 Å². The van der Waals surface area contributed by atoms with E-state index in [0.29, 0.717) is 0 Å². The van der Waals surface area contributed by atoms with E-state index in [2.05, 4.69) is 37.0 Å². The molecular weight excluding hydrogens is 304 g/mol. The molecule has 118 valence electrons. The number of thioether (sulfide) groups is 1. The maximum atomic E-state index is 12.2. The molecule has 0 N–H and O–H groups in total. The summed E-state index contributed by atoms with van der Waals surface area (Å²) in [6.07, 6.45) is 1.77. The van der Waals surface area contributed by atoms with E-state index in [4.69, 9.17) is 0 Å². The zero-order chi connectivity index (χ0) is 16.4. The van der Waals surface area contributed by atoms with Crippen molar-refractivity contribution in [2.75, 3.05) is 0 Å². The second-order valence-corrected chi connectivity index (χ2v) is 6.88. The fourth-order valence-electron chi connectivity index (χ4n) is 2.60. The fourth-order valence-corrected chi connectivity index (χ4v) is 3.59. The Labute approximate surface area is 140 Å². The molecule has 0 fully saturated rings. The third-order valence-electron chi connectivity index (χ3n) is 3.95. The van der Waals surface area contributed by atoms with Crippen LogP contribution in [-0.4, -0.2) is 9.38 Å². The summed E-state index contributed by atoms with van der Waals surface area (Å²) in [7, 11) is 0. The second kappa shape index (κ2) is 6.59. The molecule has 4 heteroatoms. The van der Waals surface area contributed by atoms with Crippen molar-refractivity contribution in [1.29, 1.82) is 0 Å². The monoisotopic (exact) mass is 324 g/mol. The molecule has 2 aromatic heterocycles. The number of nitrogens with zero attached hydrogens (tertiary/aromatic N) is 2. The van der Waals surface area contributed by atoms with E-state index in [0.717, 1.165) is 28.4 Å². The summed E-state index contributed by atoms with van der Waals surface area (Å²) in [6.45, 7) is 6.23. The lowest BCUT2D eigenvalue weighted by atomic mass is 10.1. The van der Waals surface area contributed by atoms with E-state index in [1.165, 1.54) is 16.7 Å². The van der Waals surface area contributed by atoms with Crippen LogP contribution >= 0.6 is 11.8 Å². The summed E-state index contributed by atoms with van der Waals surface area (Å²) in [5.74, 6) is 1.68. The molecule has 0 amide bonds. The number of aromatic nitrogens is 2. The number of rotatable bonds is 4. The number of hydrogen-bond acceptors (Lipinski definition) is 3. The Bertz CT molecular complexity index is 915. The molecule has 0 radical (unpaired) electrons. The van der Waals surface area contributed by atoms with Gasteiger partial charge in [-0.2, -0.15) is 11.8 Å². The zero-order valence-electron chi connectivity index (χ0n) is 13.7. The molecule has 0 saturated heterocycles. The Balaban J connectivity index is 1.78. The minimum absolute atomic E-state index is 0.0129. The van der Waals surface area contributed by atoms with Crippen LogP contribution < -0.4 is 5.56 Å². The topological polar surface area (TPSA) is 34.4 Å². The number of aryl methyl sites for hydroxylation is 3. The molecule has 1 aromatic carbocycles. The molecule has 0 aliphatic heterocycles. The van der Waals surface area contributed by atoms with Gasteiger partial charge < -0.3 is 0 Å². The molecule has 0 spiro atoms. The predicted molar refractivity (Wildman–Crippen MR) is 97.1 cm³/mol. The van der Waals surface area contributed by atoms with Crippen LogP contribution in [0.3, 0.4) is 0 Å². The van der Waals surface area contributed by atoms with Crippen LogP contribution in [0.15, 0.2) is 47.4 Å². The summed E-state index contributed by atoms with van der Waals surface area (Å²) < 4.78 is 1.61. The smallest absolute Gasteiger partial charge is 0.258 e. The van der Waals surface area contributed by atoms with Crippen LogP contribution in [0.2, 0.25) is 0 Å². The first kappa shape index (κ1) is 15.8. The van der Waals surface area contributed by atoms with Gasteiger partial charge in [-0.3, -0.25) is 9.20 Å². The summed E-state index contributed by atoms with van der Waals surface area (Å²) in [4.78, 5) is 16.8. The maximum absolute atomic E-state index is 12.2. The van der Waals surface area contributed by atoms with Gasteiger partial charge in [0.15, 0.2) is 0 Å². The first-order chi connectivity index (χ1) is 11.0. The second-order valence-electron chi connectivity index (χ2n) is 5.89. The van der Waals surface area contributed by atoms with Crippen LogP contribution in [0, 0.1) is 20.8 Å². The Morgan fingerprint density at radius 1 is 1.04 bits per heavy atom. The molecule has 23 heavy (non-hydrogen) atoms. The van der Waals surface area contributed by atoms with Crippen molar-refractivity contribution in [3.63, 3.8) is 0 Å². The van der Waals surface area contributed by atoms with Gasteiger partial charge in [-0.25, -0.2) is 4.98 Å². The maximum Gasteiger partial charge on any atom is 0.258 e. The van der Waals surface area contributed by atoms with Crippen molar-refractivity contribution in [1.82, 2.24) is 9.38 Å². The van der Waals surface area contributed by atoms with Gasteiger partial charge >= 0.3 is 0 Å². The van der Waals surface area contributed by atoms with Gasteiger partial charge in [0.25, 0.3) is 5.56 Å². The van der Waals surface area contributed by atoms with Crippen molar-refractivity contribution in [2.24, 2.45) is 0 Å². The quantitative estimate of drug-likeness (QED) is 0.726. The molecular formula is C19H20N2OS. The van der Waals surface area contributed by atoms with E-state index < -0.39 is 0 Å². The minimum Gasteiger partial charge on any atom is -0.269 e. The number of fused-ring (bicyclic) bond motifs is 1.